The van der Waals surface area contributed by atoms with Crippen molar-refractivity contribution >= 4 is 17.6 Å². The van der Waals surface area contributed by atoms with Crippen LogP contribution in [0.15, 0.2) is 18.3 Å². The Bertz CT molecular complexity index is 428. The van der Waals surface area contributed by atoms with Gasteiger partial charge in [-0.25, -0.2) is 4.98 Å². The van der Waals surface area contributed by atoms with Crippen molar-refractivity contribution in [1.82, 2.24) is 10.3 Å². The summed E-state index contributed by atoms with van der Waals surface area (Å²) >= 11 is 0. The number of aromatic nitrogens is 1. The molecule has 0 bridgehead atoms. The second-order valence-corrected chi connectivity index (χ2v) is 4.28. The zero-order valence-corrected chi connectivity index (χ0v) is 10.7. The number of carbonyl (C=O) groups excluding carboxylic acids is 2. The third-order valence-corrected chi connectivity index (χ3v) is 2.54. The number of anilines is 1. The quantitative estimate of drug-likeness (QED) is 0.703. The zero-order chi connectivity index (χ0) is 13.7. The molecule has 0 aliphatic rings. The number of hydrogen-bond acceptors (Lipinski definition) is 4. The van der Waals surface area contributed by atoms with E-state index < -0.39 is 11.9 Å². The van der Waals surface area contributed by atoms with Crippen molar-refractivity contribution in [3.63, 3.8) is 0 Å². The molecular formula is C12H18N4O2. The fraction of sp³-hybridized carbons (Fsp3) is 0.417. The molecule has 98 valence electrons. The molecule has 0 aliphatic heterocycles. The fourth-order valence-corrected chi connectivity index (χ4v) is 1.47. The summed E-state index contributed by atoms with van der Waals surface area (Å²) in [4.78, 5) is 27.1. The predicted molar refractivity (Wildman–Crippen MR) is 69.1 cm³/mol. The third-order valence-electron chi connectivity index (χ3n) is 2.54. The molecule has 0 aliphatic carbocycles. The van der Waals surface area contributed by atoms with Crippen molar-refractivity contribution in [1.29, 1.82) is 0 Å². The van der Waals surface area contributed by atoms with Crippen molar-refractivity contribution < 1.29 is 9.59 Å². The first kappa shape index (κ1) is 14.0. The van der Waals surface area contributed by atoms with Crippen LogP contribution in [-0.2, 0) is 4.79 Å². The average Bonchev–Trinajstić information content (AvgIpc) is 2.35. The first-order chi connectivity index (χ1) is 8.45. The smallest absolute Gasteiger partial charge is 0.253 e. The minimum Gasteiger partial charge on any atom is -0.373 e. The van der Waals surface area contributed by atoms with Gasteiger partial charge in [-0.1, -0.05) is 13.8 Å². The molecule has 6 nitrogen and oxygen atoms in total. The van der Waals surface area contributed by atoms with Crippen LogP contribution in [0.1, 0.15) is 24.2 Å². The number of nitrogens with two attached hydrogens (primary N) is 1. The molecular weight excluding hydrogens is 232 g/mol. The summed E-state index contributed by atoms with van der Waals surface area (Å²) in [6.45, 7) is 3.64. The van der Waals surface area contributed by atoms with Gasteiger partial charge in [0.2, 0.25) is 5.91 Å². The lowest BCUT2D eigenvalue weighted by Gasteiger charge is -2.18. The second-order valence-electron chi connectivity index (χ2n) is 4.28. The topological polar surface area (TPSA) is 97.1 Å². The van der Waals surface area contributed by atoms with Gasteiger partial charge in [0.15, 0.2) is 0 Å². The van der Waals surface area contributed by atoms with Gasteiger partial charge < -0.3 is 16.4 Å². The van der Waals surface area contributed by atoms with E-state index in [1.807, 2.05) is 13.8 Å². The monoisotopic (exact) mass is 250 g/mol. The van der Waals surface area contributed by atoms with Gasteiger partial charge in [0.25, 0.3) is 5.91 Å². The van der Waals surface area contributed by atoms with E-state index in [9.17, 15) is 9.59 Å². The largest absolute Gasteiger partial charge is 0.373 e. The van der Waals surface area contributed by atoms with Crippen molar-refractivity contribution in [2.75, 3.05) is 12.4 Å². The van der Waals surface area contributed by atoms with Crippen LogP contribution in [0.3, 0.4) is 0 Å². The summed E-state index contributed by atoms with van der Waals surface area (Å²) in [7, 11) is 1.74. The molecule has 1 rings (SSSR count). The van der Waals surface area contributed by atoms with Crippen LogP contribution in [0.2, 0.25) is 0 Å². The number of nitrogens with zero attached hydrogens (tertiary/aromatic N) is 1. The lowest BCUT2D eigenvalue weighted by Crippen LogP contribution is -2.47. The van der Waals surface area contributed by atoms with Gasteiger partial charge in [0.05, 0.1) is 5.56 Å². The number of amides is 2. The first-order valence-corrected chi connectivity index (χ1v) is 5.69. The third kappa shape index (κ3) is 3.44. The molecule has 0 saturated heterocycles. The van der Waals surface area contributed by atoms with E-state index in [0.717, 1.165) is 0 Å². The molecule has 1 aromatic rings. The van der Waals surface area contributed by atoms with Crippen LogP contribution in [0, 0.1) is 5.92 Å². The van der Waals surface area contributed by atoms with E-state index in [1.165, 1.54) is 6.20 Å². The Kier molecular flexibility index (Phi) is 4.65. The van der Waals surface area contributed by atoms with E-state index >= 15 is 0 Å². The van der Waals surface area contributed by atoms with Gasteiger partial charge in [0.1, 0.15) is 11.9 Å². The standard InChI is InChI=1S/C12H18N4O2/c1-7(2)10(11(13)17)16-12(18)8-4-5-9(14-3)15-6-8/h4-7,10H,1-3H3,(H2,13,17)(H,14,15)(H,16,18). The Morgan fingerprint density at radius 3 is 2.39 bits per heavy atom. The van der Waals surface area contributed by atoms with Crippen LogP contribution in [-0.4, -0.2) is 29.9 Å². The Morgan fingerprint density at radius 1 is 1.33 bits per heavy atom. The van der Waals surface area contributed by atoms with Crippen molar-refractivity contribution in [2.24, 2.45) is 11.7 Å². The van der Waals surface area contributed by atoms with Crippen LogP contribution < -0.4 is 16.4 Å². The molecule has 1 aromatic heterocycles. The van der Waals surface area contributed by atoms with Gasteiger partial charge in [0, 0.05) is 13.2 Å². The van der Waals surface area contributed by atoms with Crippen molar-refractivity contribution in [2.45, 2.75) is 19.9 Å². The van der Waals surface area contributed by atoms with Crippen LogP contribution >= 0.6 is 0 Å². The Labute approximate surface area is 106 Å². The molecule has 1 unspecified atom stereocenters. The minimum atomic E-state index is -0.679. The van der Waals surface area contributed by atoms with Crippen LogP contribution in [0.25, 0.3) is 0 Å². The average molecular weight is 250 g/mol. The maximum Gasteiger partial charge on any atom is 0.253 e. The van der Waals surface area contributed by atoms with E-state index in [0.29, 0.717) is 11.4 Å². The molecule has 18 heavy (non-hydrogen) atoms. The van der Waals surface area contributed by atoms with Crippen molar-refractivity contribution in [3.05, 3.63) is 23.9 Å². The molecule has 4 N–H and O–H groups in total. The number of hydrogen-bond donors (Lipinski definition) is 3. The van der Waals surface area contributed by atoms with Gasteiger partial charge in [-0.2, -0.15) is 0 Å². The van der Waals surface area contributed by atoms with Gasteiger partial charge in [-0.15, -0.1) is 0 Å². The molecule has 0 radical (unpaired) electrons. The second kappa shape index (κ2) is 6.00. The predicted octanol–water partition coefficient (Wildman–Crippen LogP) is 0.363. The summed E-state index contributed by atoms with van der Waals surface area (Å²) < 4.78 is 0. The molecule has 2 amide bonds. The fourth-order valence-electron chi connectivity index (χ4n) is 1.47. The number of nitrogens with one attached hydrogen (secondary N) is 2. The Morgan fingerprint density at radius 2 is 2.00 bits per heavy atom. The van der Waals surface area contributed by atoms with Gasteiger partial charge in [-0.3, -0.25) is 9.59 Å². The summed E-state index contributed by atoms with van der Waals surface area (Å²) in [5.74, 6) is -0.293. The molecule has 0 spiro atoms. The van der Waals surface area contributed by atoms with Crippen LogP contribution in [0.4, 0.5) is 5.82 Å². The highest BCUT2D eigenvalue weighted by Gasteiger charge is 2.22. The SMILES string of the molecule is CNc1ccc(C(=O)NC(C(N)=O)C(C)C)cn1. The van der Waals surface area contributed by atoms with E-state index in [4.69, 9.17) is 5.73 Å². The summed E-state index contributed by atoms with van der Waals surface area (Å²) in [5, 5.41) is 5.45. The first-order valence-electron chi connectivity index (χ1n) is 5.69. The maximum absolute atomic E-state index is 11.9. The minimum absolute atomic E-state index is 0.0593. The highest BCUT2D eigenvalue weighted by Crippen LogP contribution is 2.06. The molecule has 1 heterocycles. The number of carbonyl (C=O) groups is 2. The normalized spacial score (nSPS) is 12.0. The van der Waals surface area contributed by atoms with Gasteiger partial charge in [-0.05, 0) is 18.1 Å². The number of pyridine rings is 1. The Balaban J connectivity index is 2.77. The zero-order valence-electron chi connectivity index (χ0n) is 10.7. The number of rotatable bonds is 5. The highest BCUT2D eigenvalue weighted by molar-refractivity contribution is 5.97. The lowest BCUT2D eigenvalue weighted by molar-refractivity contribution is -0.120. The molecule has 0 fully saturated rings. The summed E-state index contributed by atoms with van der Waals surface area (Å²) in [5.41, 5.74) is 5.62. The molecule has 0 saturated carbocycles. The van der Waals surface area contributed by atoms with E-state index in [-0.39, 0.29) is 11.8 Å². The Hall–Kier alpha value is -2.11. The van der Waals surface area contributed by atoms with E-state index in [2.05, 4.69) is 15.6 Å². The molecule has 6 heteroatoms. The molecule has 0 aromatic carbocycles. The van der Waals surface area contributed by atoms with E-state index in [1.54, 1.807) is 19.2 Å². The van der Waals surface area contributed by atoms with Crippen LogP contribution in [0.5, 0.6) is 0 Å². The number of primary amides is 1. The van der Waals surface area contributed by atoms with Gasteiger partial charge >= 0.3 is 0 Å². The summed E-state index contributed by atoms with van der Waals surface area (Å²) in [6.07, 6.45) is 1.44. The molecule has 1 atom stereocenters. The maximum atomic E-state index is 11.9. The highest BCUT2D eigenvalue weighted by atomic mass is 16.2. The summed E-state index contributed by atoms with van der Waals surface area (Å²) in [6, 6.07) is 2.64. The van der Waals surface area contributed by atoms with Crippen molar-refractivity contribution in [3.8, 4) is 0 Å². The lowest BCUT2D eigenvalue weighted by atomic mass is 10.0.